The van der Waals surface area contributed by atoms with Gasteiger partial charge in [0, 0.05) is 19.6 Å². The number of rotatable bonds is 20. The first-order valence-electron chi connectivity index (χ1n) is 13.6. The highest BCUT2D eigenvalue weighted by Crippen LogP contribution is 2.40. The summed E-state index contributed by atoms with van der Waals surface area (Å²) in [4.78, 5) is 21.9. The van der Waals surface area contributed by atoms with Crippen molar-refractivity contribution in [2.24, 2.45) is 0 Å². The van der Waals surface area contributed by atoms with E-state index in [0.29, 0.717) is 59.2 Å². The van der Waals surface area contributed by atoms with Gasteiger partial charge < -0.3 is 29.4 Å². The van der Waals surface area contributed by atoms with Crippen LogP contribution in [0.4, 0.5) is 0 Å². The molecule has 0 fully saturated rings. The van der Waals surface area contributed by atoms with E-state index in [0.717, 1.165) is 16.7 Å². The molecule has 40 heavy (non-hydrogen) atoms. The van der Waals surface area contributed by atoms with Crippen molar-refractivity contribution >= 4 is 11.9 Å². The number of hydrogen-bond donors (Lipinski definition) is 2. The summed E-state index contributed by atoms with van der Waals surface area (Å²) in [6, 6.07) is 30.7. The zero-order valence-electron chi connectivity index (χ0n) is 22.8. The minimum absolute atomic E-state index is 0.00776. The van der Waals surface area contributed by atoms with Crippen LogP contribution < -0.4 is 5.32 Å². The fraction of sp³-hybridized carbons (Fsp3) is 0.375. The predicted molar refractivity (Wildman–Crippen MR) is 152 cm³/mol. The van der Waals surface area contributed by atoms with Gasteiger partial charge in [-0.05, 0) is 23.1 Å². The molecule has 0 aromatic heterocycles. The summed E-state index contributed by atoms with van der Waals surface area (Å²) in [5, 5.41) is 11.2. The Labute approximate surface area is 236 Å². The van der Waals surface area contributed by atoms with Crippen molar-refractivity contribution in [1.29, 1.82) is 0 Å². The SMILES string of the molecule is O=C(O)CCC(=O)NCCCOCCOCCOCCOC(c1ccccc1)(c1ccccc1)c1ccccc1. The van der Waals surface area contributed by atoms with Gasteiger partial charge in [-0.2, -0.15) is 0 Å². The third-order valence-electron chi connectivity index (χ3n) is 6.18. The molecule has 8 heteroatoms. The van der Waals surface area contributed by atoms with Crippen LogP contribution in [0, 0.1) is 0 Å². The summed E-state index contributed by atoms with van der Waals surface area (Å²) < 4.78 is 23.5. The highest BCUT2D eigenvalue weighted by Gasteiger charge is 2.37. The van der Waals surface area contributed by atoms with Crippen molar-refractivity contribution in [2.45, 2.75) is 24.9 Å². The van der Waals surface area contributed by atoms with Crippen LogP contribution in [0.3, 0.4) is 0 Å². The van der Waals surface area contributed by atoms with Crippen LogP contribution >= 0.6 is 0 Å². The second kappa shape index (κ2) is 17.9. The summed E-state index contributed by atoms with van der Waals surface area (Å²) in [5.41, 5.74) is 2.39. The van der Waals surface area contributed by atoms with Crippen LogP contribution in [0.2, 0.25) is 0 Å². The third kappa shape index (κ3) is 10.2. The number of nitrogens with one attached hydrogen (secondary N) is 1. The maximum Gasteiger partial charge on any atom is 0.303 e. The minimum Gasteiger partial charge on any atom is -0.481 e. The second-order valence-corrected chi connectivity index (χ2v) is 9.06. The molecule has 0 aliphatic carbocycles. The topological polar surface area (TPSA) is 103 Å². The molecule has 2 N–H and O–H groups in total. The Hall–Kier alpha value is -3.56. The molecule has 0 atom stereocenters. The quantitative estimate of drug-likeness (QED) is 0.159. The largest absolute Gasteiger partial charge is 0.481 e. The van der Waals surface area contributed by atoms with Crippen molar-refractivity contribution in [2.75, 3.05) is 52.8 Å². The van der Waals surface area contributed by atoms with E-state index in [4.69, 9.17) is 24.1 Å². The fourth-order valence-corrected chi connectivity index (χ4v) is 4.28. The van der Waals surface area contributed by atoms with Crippen LogP contribution in [0.1, 0.15) is 36.0 Å². The molecule has 0 spiro atoms. The molecule has 0 saturated heterocycles. The van der Waals surface area contributed by atoms with E-state index in [-0.39, 0.29) is 18.7 Å². The van der Waals surface area contributed by atoms with Crippen LogP contribution in [-0.2, 0) is 34.1 Å². The molecule has 0 bridgehead atoms. The van der Waals surface area contributed by atoms with Gasteiger partial charge >= 0.3 is 5.97 Å². The highest BCUT2D eigenvalue weighted by atomic mass is 16.6. The molecule has 0 aliphatic rings. The Morgan fingerprint density at radius 1 is 0.600 bits per heavy atom. The molecule has 3 aromatic carbocycles. The third-order valence-corrected chi connectivity index (χ3v) is 6.18. The summed E-state index contributed by atoms with van der Waals surface area (Å²) in [6.07, 6.45) is 0.483. The number of ether oxygens (including phenoxy) is 4. The Kier molecular flexibility index (Phi) is 13.9. The first-order valence-corrected chi connectivity index (χ1v) is 13.6. The summed E-state index contributed by atoms with van der Waals surface area (Å²) >= 11 is 0. The van der Waals surface area contributed by atoms with Crippen molar-refractivity contribution in [1.82, 2.24) is 5.32 Å². The van der Waals surface area contributed by atoms with E-state index in [1.54, 1.807) is 0 Å². The van der Waals surface area contributed by atoms with Crippen LogP contribution in [0.15, 0.2) is 91.0 Å². The van der Waals surface area contributed by atoms with E-state index in [9.17, 15) is 9.59 Å². The molecule has 214 valence electrons. The molecule has 1 amide bonds. The highest BCUT2D eigenvalue weighted by molar-refractivity contribution is 5.80. The maximum atomic E-state index is 11.4. The van der Waals surface area contributed by atoms with Gasteiger partial charge in [0.2, 0.25) is 5.91 Å². The van der Waals surface area contributed by atoms with Crippen LogP contribution in [-0.4, -0.2) is 69.8 Å². The first-order chi connectivity index (χ1) is 19.6. The molecule has 0 radical (unpaired) electrons. The molecule has 0 unspecified atom stereocenters. The van der Waals surface area contributed by atoms with E-state index in [1.807, 2.05) is 54.6 Å². The van der Waals surface area contributed by atoms with Gasteiger partial charge in [0.25, 0.3) is 0 Å². The number of carboxylic acids is 1. The normalized spacial score (nSPS) is 11.3. The minimum atomic E-state index is -0.978. The van der Waals surface area contributed by atoms with Crippen molar-refractivity contribution in [3.05, 3.63) is 108 Å². The van der Waals surface area contributed by atoms with Gasteiger partial charge in [0.05, 0.1) is 46.1 Å². The maximum absolute atomic E-state index is 11.4. The summed E-state index contributed by atoms with van der Waals surface area (Å²) in [7, 11) is 0. The lowest BCUT2D eigenvalue weighted by Gasteiger charge is -2.36. The van der Waals surface area contributed by atoms with Crippen LogP contribution in [0.5, 0.6) is 0 Å². The van der Waals surface area contributed by atoms with E-state index >= 15 is 0 Å². The average molecular weight is 550 g/mol. The Morgan fingerprint density at radius 3 is 1.48 bits per heavy atom. The van der Waals surface area contributed by atoms with Gasteiger partial charge in [-0.15, -0.1) is 0 Å². The average Bonchev–Trinajstić information content (AvgIpc) is 2.99. The fourth-order valence-electron chi connectivity index (χ4n) is 4.28. The molecule has 0 saturated carbocycles. The van der Waals surface area contributed by atoms with E-state index < -0.39 is 11.6 Å². The Bertz CT molecular complexity index is 1010. The number of aliphatic carboxylic acids is 1. The number of amides is 1. The van der Waals surface area contributed by atoms with Gasteiger partial charge in [0.15, 0.2) is 0 Å². The van der Waals surface area contributed by atoms with E-state index in [1.165, 1.54) is 0 Å². The monoisotopic (exact) mass is 549 g/mol. The van der Waals surface area contributed by atoms with Crippen molar-refractivity contribution in [3.63, 3.8) is 0 Å². The predicted octanol–water partition coefficient (Wildman–Crippen LogP) is 4.42. The summed E-state index contributed by atoms with van der Waals surface area (Å²) in [5.74, 6) is -1.24. The van der Waals surface area contributed by atoms with Gasteiger partial charge in [0.1, 0.15) is 5.60 Å². The summed E-state index contributed by atoms with van der Waals surface area (Å²) in [6.45, 7) is 3.55. The zero-order chi connectivity index (χ0) is 28.3. The van der Waals surface area contributed by atoms with Crippen molar-refractivity contribution in [3.8, 4) is 0 Å². The van der Waals surface area contributed by atoms with Crippen molar-refractivity contribution < 1.29 is 33.6 Å². The standard InChI is InChI=1S/C32H39NO7/c34-30(17-18-31(35)36)33-19-10-20-37-21-22-38-23-24-39-25-26-40-32(27-11-4-1-5-12-27,28-13-6-2-7-14-28)29-15-8-3-9-16-29/h1-9,11-16H,10,17-26H2,(H,33,34)(H,35,36). The molecule has 0 aliphatic heterocycles. The number of benzene rings is 3. The Morgan fingerprint density at radius 2 is 1.02 bits per heavy atom. The second-order valence-electron chi connectivity index (χ2n) is 9.06. The smallest absolute Gasteiger partial charge is 0.303 e. The lowest BCUT2D eigenvalue weighted by Crippen LogP contribution is -2.34. The number of hydrogen-bond acceptors (Lipinski definition) is 6. The molecule has 0 heterocycles. The molecule has 8 nitrogen and oxygen atoms in total. The number of carboxylic acid groups (broad SMARTS) is 1. The molecular weight excluding hydrogens is 510 g/mol. The zero-order valence-corrected chi connectivity index (χ0v) is 22.8. The molecular formula is C32H39NO7. The first kappa shape index (κ1) is 31.0. The van der Waals surface area contributed by atoms with Gasteiger partial charge in [-0.25, -0.2) is 0 Å². The van der Waals surface area contributed by atoms with Gasteiger partial charge in [-0.3, -0.25) is 9.59 Å². The molecule has 3 rings (SSSR count). The molecule has 3 aromatic rings. The lowest BCUT2D eigenvalue weighted by molar-refractivity contribution is -0.138. The number of carbonyl (C=O) groups is 2. The lowest BCUT2D eigenvalue weighted by atomic mass is 9.80. The Balaban J connectivity index is 1.35. The van der Waals surface area contributed by atoms with E-state index in [2.05, 4.69) is 41.7 Å². The van der Waals surface area contributed by atoms with Gasteiger partial charge in [-0.1, -0.05) is 91.0 Å². The van der Waals surface area contributed by atoms with Crippen LogP contribution in [0.25, 0.3) is 0 Å². The number of carbonyl (C=O) groups excluding carboxylic acids is 1.